The van der Waals surface area contributed by atoms with Crippen molar-refractivity contribution in [3.05, 3.63) is 0 Å². The number of carbonyl (C=O) groups excluding carboxylic acids is 2. The molecule has 118 valence electrons. The second-order valence-electron chi connectivity index (χ2n) is 6.65. The molecule has 0 aliphatic carbocycles. The smallest absolute Gasteiger partial charge is 0.316 e. The average Bonchev–Trinajstić information content (AvgIpc) is 2.32. The maximum absolute atomic E-state index is 11.8. The number of ether oxygens (including phenoxy) is 1. The molecule has 0 N–H and O–H groups in total. The lowest BCUT2D eigenvalue weighted by Gasteiger charge is -2.36. The Morgan fingerprint density at radius 2 is 1.75 bits per heavy atom. The van der Waals surface area contributed by atoms with Crippen LogP contribution in [0.15, 0.2) is 0 Å². The summed E-state index contributed by atoms with van der Waals surface area (Å²) >= 11 is 0. The van der Waals surface area contributed by atoms with Crippen molar-refractivity contribution in [1.29, 1.82) is 0 Å². The van der Waals surface area contributed by atoms with Crippen molar-refractivity contribution < 1.29 is 18.8 Å². The Hall–Kier alpha value is -0.683. The zero-order valence-corrected chi connectivity index (χ0v) is 15.0. The fourth-order valence-corrected chi connectivity index (χ4v) is 2.49. The number of hydrogen-bond acceptors (Lipinski definition) is 4. The summed E-state index contributed by atoms with van der Waals surface area (Å²) in [4.78, 5) is 23.3. The van der Waals surface area contributed by atoms with Gasteiger partial charge >= 0.3 is 5.97 Å². The Morgan fingerprint density at radius 1 is 1.20 bits per heavy atom. The highest BCUT2D eigenvalue weighted by Crippen LogP contribution is 2.36. The van der Waals surface area contributed by atoms with Crippen LogP contribution in [-0.4, -0.2) is 33.3 Å². The molecule has 0 rings (SSSR count). The van der Waals surface area contributed by atoms with Crippen LogP contribution in [0, 0.1) is 5.92 Å². The van der Waals surface area contributed by atoms with Gasteiger partial charge in [-0.15, -0.1) is 0 Å². The maximum Gasteiger partial charge on any atom is 0.316 e. The first-order chi connectivity index (χ1) is 9.03. The molecule has 0 aromatic rings. The molecule has 0 spiro atoms. The molecule has 0 heterocycles. The zero-order chi connectivity index (χ0) is 16.0. The Balaban J connectivity index is 4.08. The predicted molar refractivity (Wildman–Crippen MR) is 83.2 cm³/mol. The summed E-state index contributed by atoms with van der Waals surface area (Å²) in [7, 11) is -1.74. The van der Waals surface area contributed by atoms with E-state index in [0.29, 0.717) is 26.1 Å². The molecule has 0 aliphatic rings. The lowest BCUT2D eigenvalue weighted by Crippen LogP contribution is -2.41. The Bertz CT molecular complexity index is 331. The van der Waals surface area contributed by atoms with E-state index >= 15 is 0 Å². The number of Topliss-reactive ketones (excluding diaryl/α,β-unsaturated/α-hetero) is 1. The van der Waals surface area contributed by atoms with E-state index in [9.17, 15) is 9.59 Å². The van der Waals surface area contributed by atoms with E-state index in [2.05, 4.69) is 33.9 Å². The van der Waals surface area contributed by atoms with E-state index in [0.717, 1.165) is 0 Å². The molecular formula is C15H30O4Si. The molecule has 1 unspecified atom stereocenters. The van der Waals surface area contributed by atoms with Gasteiger partial charge < -0.3 is 9.16 Å². The standard InChI is InChI=1S/C15H30O4Si/c1-8-18-14(17)12(2)13(16)10-9-11-19-20(6,7)15(3,4)5/h12H,8-11H2,1-7H3. The fourth-order valence-electron chi connectivity index (χ4n) is 1.41. The molecule has 5 heteroatoms. The van der Waals surface area contributed by atoms with Crippen LogP contribution in [0.25, 0.3) is 0 Å². The molecule has 4 nitrogen and oxygen atoms in total. The highest BCUT2D eigenvalue weighted by Gasteiger charge is 2.36. The summed E-state index contributed by atoms with van der Waals surface area (Å²) in [5, 5.41) is 0.176. The highest BCUT2D eigenvalue weighted by atomic mass is 28.4. The second-order valence-corrected chi connectivity index (χ2v) is 11.5. The van der Waals surface area contributed by atoms with Gasteiger partial charge in [-0.05, 0) is 38.4 Å². The van der Waals surface area contributed by atoms with E-state index < -0.39 is 20.2 Å². The molecule has 0 aromatic carbocycles. The van der Waals surface area contributed by atoms with Crippen molar-refractivity contribution in [3.8, 4) is 0 Å². The molecule has 0 saturated carbocycles. The minimum absolute atomic E-state index is 0.0673. The normalized spacial score (nSPS) is 13.9. The van der Waals surface area contributed by atoms with Gasteiger partial charge in [0, 0.05) is 13.0 Å². The van der Waals surface area contributed by atoms with Gasteiger partial charge in [0.25, 0.3) is 0 Å². The van der Waals surface area contributed by atoms with Crippen LogP contribution in [0.4, 0.5) is 0 Å². The van der Waals surface area contributed by atoms with Crippen molar-refractivity contribution in [2.75, 3.05) is 13.2 Å². The molecule has 0 fully saturated rings. The third-order valence-corrected chi connectivity index (χ3v) is 8.50. The molecular weight excluding hydrogens is 272 g/mol. The van der Waals surface area contributed by atoms with E-state index in [1.165, 1.54) is 0 Å². The lowest BCUT2D eigenvalue weighted by atomic mass is 10.0. The van der Waals surface area contributed by atoms with Gasteiger partial charge in [-0.3, -0.25) is 9.59 Å². The van der Waals surface area contributed by atoms with Gasteiger partial charge in [-0.25, -0.2) is 0 Å². The van der Waals surface area contributed by atoms with Gasteiger partial charge in [-0.2, -0.15) is 0 Å². The number of hydrogen-bond donors (Lipinski definition) is 0. The quantitative estimate of drug-likeness (QED) is 0.298. The third kappa shape index (κ3) is 6.18. The highest BCUT2D eigenvalue weighted by molar-refractivity contribution is 6.74. The average molecular weight is 302 g/mol. The van der Waals surface area contributed by atoms with Crippen molar-refractivity contribution in [2.24, 2.45) is 5.92 Å². The van der Waals surface area contributed by atoms with Crippen LogP contribution in [0.1, 0.15) is 47.5 Å². The van der Waals surface area contributed by atoms with Crippen LogP contribution >= 0.6 is 0 Å². The topological polar surface area (TPSA) is 52.6 Å². The van der Waals surface area contributed by atoms with Crippen molar-refractivity contribution in [3.63, 3.8) is 0 Å². The molecule has 0 saturated heterocycles. The van der Waals surface area contributed by atoms with Gasteiger partial charge in [0.2, 0.25) is 0 Å². The number of rotatable bonds is 8. The molecule has 0 bridgehead atoms. The van der Waals surface area contributed by atoms with E-state index in [1.807, 2.05) is 0 Å². The van der Waals surface area contributed by atoms with Crippen LogP contribution < -0.4 is 0 Å². The summed E-state index contributed by atoms with van der Waals surface area (Å²) in [6, 6.07) is 0. The number of esters is 1. The molecule has 0 radical (unpaired) electrons. The summed E-state index contributed by atoms with van der Waals surface area (Å²) in [6.07, 6.45) is 1.03. The summed E-state index contributed by atoms with van der Waals surface area (Å²) in [5.74, 6) is -1.16. The van der Waals surface area contributed by atoms with Crippen LogP contribution in [0.3, 0.4) is 0 Å². The molecule has 1 atom stereocenters. The molecule has 0 aromatic heterocycles. The zero-order valence-electron chi connectivity index (χ0n) is 14.0. The van der Waals surface area contributed by atoms with Gasteiger partial charge in [-0.1, -0.05) is 20.8 Å². The van der Waals surface area contributed by atoms with Crippen molar-refractivity contribution in [1.82, 2.24) is 0 Å². The minimum Gasteiger partial charge on any atom is -0.465 e. The first kappa shape index (κ1) is 19.3. The summed E-state index contributed by atoms with van der Waals surface area (Å²) in [5.41, 5.74) is 0. The minimum atomic E-state index is -1.74. The fraction of sp³-hybridized carbons (Fsp3) is 0.867. The van der Waals surface area contributed by atoms with E-state index in [4.69, 9.17) is 9.16 Å². The number of carbonyl (C=O) groups is 2. The number of ketones is 1. The van der Waals surface area contributed by atoms with Crippen LogP contribution in [0.5, 0.6) is 0 Å². The Morgan fingerprint density at radius 3 is 2.20 bits per heavy atom. The Kier molecular flexibility index (Phi) is 7.66. The molecule has 20 heavy (non-hydrogen) atoms. The Labute approximate surface area is 124 Å². The monoisotopic (exact) mass is 302 g/mol. The van der Waals surface area contributed by atoms with E-state index in [-0.39, 0.29) is 10.8 Å². The van der Waals surface area contributed by atoms with Gasteiger partial charge in [0.1, 0.15) is 11.7 Å². The predicted octanol–water partition coefficient (Wildman–Crippen LogP) is 3.56. The van der Waals surface area contributed by atoms with Crippen molar-refractivity contribution >= 4 is 20.1 Å². The second kappa shape index (κ2) is 7.93. The third-order valence-electron chi connectivity index (χ3n) is 3.96. The van der Waals surface area contributed by atoms with E-state index in [1.54, 1.807) is 13.8 Å². The SMILES string of the molecule is CCOC(=O)C(C)C(=O)CCCO[Si](C)(C)C(C)(C)C. The first-order valence-electron chi connectivity index (χ1n) is 7.36. The first-order valence-corrected chi connectivity index (χ1v) is 10.3. The largest absolute Gasteiger partial charge is 0.465 e. The van der Waals surface area contributed by atoms with Gasteiger partial charge in [0.15, 0.2) is 8.32 Å². The van der Waals surface area contributed by atoms with Gasteiger partial charge in [0.05, 0.1) is 6.61 Å². The maximum atomic E-state index is 11.8. The van der Waals surface area contributed by atoms with Crippen LogP contribution in [0.2, 0.25) is 18.1 Å². The van der Waals surface area contributed by atoms with Crippen LogP contribution in [-0.2, 0) is 18.8 Å². The van der Waals surface area contributed by atoms with Crippen molar-refractivity contribution in [2.45, 2.75) is 65.6 Å². The summed E-state index contributed by atoms with van der Waals surface area (Å²) in [6.45, 7) is 15.2. The summed E-state index contributed by atoms with van der Waals surface area (Å²) < 4.78 is 10.8. The molecule has 0 amide bonds. The molecule has 0 aliphatic heterocycles. The lowest BCUT2D eigenvalue weighted by molar-refractivity contribution is -0.150.